The van der Waals surface area contributed by atoms with E-state index in [0.717, 1.165) is 5.56 Å². The summed E-state index contributed by atoms with van der Waals surface area (Å²) in [5.74, 6) is 0. The average Bonchev–Trinajstić information content (AvgIpc) is 2.28. The fourth-order valence-corrected chi connectivity index (χ4v) is 1.42. The van der Waals surface area contributed by atoms with Gasteiger partial charge in [0.05, 0.1) is 0 Å². The second-order valence-electron chi connectivity index (χ2n) is 3.52. The van der Waals surface area contributed by atoms with Gasteiger partial charge >= 0.3 is 0 Å². The third kappa shape index (κ3) is 3.47. The van der Waals surface area contributed by atoms with Crippen molar-refractivity contribution in [3.63, 3.8) is 0 Å². The van der Waals surface area contributed by atoms with Crippen LogP contribution in [0, 0.1) is 10.1 Å². The molecule has 0 bridgehead atoms. The minimum Gasteiger partial charge on any atom is -0.382 e. The molecule has 0 aliphatic rings. The first-order valence-corrected chi connectivity index (χ1v) is 5.20. The van der Waals surface area contributed by atoms with Gasteiger partial charge in [-0.05, 0) is 11.6 Å². The van der Waals surface area contributed by atoms with Crippen LogP contribution in [0.5, 0.6) is 0 Å². The first-order chi connectivity index (χ1) is 7.65. The van der Waals surface area contributed by atoms with E-state index in [1.165, 1.54) is 6.08 Å². The number of hydrogen-bond acceptors (Lipinski definition) is 3. The molecule has 16 heavy (non-hydrogen) atoms. The maximum absolute atomic E-state index is 10.6. The van der Waals surface area contributed by atoms with E-state index in [2.05, 4.69) is 0 Å². The maximum Gasteiger partial charge on any atom is 0.241 e. The standard InChI is InChI=1S/C12H15NO3/c1-2-11(13(15)16)12(14)9-8-10-6-4-3-5-7-10/h3-9,11-12,14H,2H2,1H3/b9-8+. The molecule has 0 amide bonds. The van der Waals surface area contributed by atoms with Gasteiger partial charge in [0.25, 0.3) is 0 Å². The molecule has 2 atom stereocenters. The topological polar surface area (TPSA) is 63.4 Å². The molecule has 0 aliphatic carbocycles. The molecular formula is C12H15NO3. The normalized spacial score (nSPS) is 14.9. The summed E-state index contributed by atoms with van der Waals surface area (Å²) in [6, 6.07) is 8.44. The second-order valence-corrected chi connectivity index (χ2v) is 3.52. The van der Waals surface area contributed by atoms with Gasteiger partial charge in [-0.15, -0.1) is 0 Å². The smallest absolute Gasteiger partial charge is 0.241 e. The van der Waals surface area contributed by atoms with Crippen LogP contribution in [0.4, 0.5) is 0 Å². The van der Waals surface area contributed by atoms with Gasteiger partial charge in [0, 0.05) is 11.3 Å². The maximum atomic E-state index is 10.6. The van der Waals surface area contributed by atoms with Crippen molar-refractivity contribution in [2.24, 2.45) is 0 Å². The summed E-state index contributed by atoms with van der Waals surface area (Å²) in [5, 5.41) is 20.2. The van der Waals surface area contributed by atoms with E-state index < -0.39 is 17.1 Å². The van der Waals surface area contributed by atoms with E-state index in [1.54, 1.807) is 13.0 Å². The number of hydrogen-bond donors (Lipinski definition) is 1. The van der Waals surface area contributed by atoms with Gasteiger partial charge in [-0.25, -0.2) is 0 Å². The highest BCUT2D eigenvalue weighted by atomic mass is 16.6. The Morgan fingerprint density at radius 1 is 1.44 bits per heavy atom. The zero-order valence-electron chi connectivity index (χ0n) is 9.11. The lowest BCUT2D eigenvalue weighted by Gasteiger charge is -2.10. The summed E-state index contributed by atoms with van der Waals surface area (Å²) in [7, 11) is 0. The molecule has 0 heterocycles. The lowest BCUT2D eigenvalue weighted by atomic mass is 10.1. The number of rotatable bonds is 5. The highest BCUT2D eigenvalue weighted by Crippen LogP contribution is 2.08. The first kappa shape index (κ1) is 12.4. The fraction of sp³-hybridized carbons (Fsp3) is 0.333. The Balaban J connectivity index is 2.66. The number of benzene rings is 1. The van der Waals surface area contributed by atoms with Gasteiger partial charge in [0.1, 0.15) is 6.10 Å². The predicted octanol–water partition coefficient (Wildman–Crippen LogP) is 2.12. The van der Waals surface area contributed by atoms with Crippen molar-refractivity contribution in [3.05, 3.63) is 52.1 Å². The largest absolute Gasteiger partial charge is 0.382 e. The molecule has 1 N–H and O–H groups in total. The van der Waals surface area contributed by atoms with Crippen LogP contribution in [-0.4, -0.2) is 22.2 Å². The first-order valence-electron chi connectivity index (χ1n) is 5.20. The zero-order chi connectivity index (χ0) is 12.0. The van der Waals surface area contributed by atoms with Gasteiger partial charge in [0.15, 0.2) is 0 Å². The fourth-order valence-electron chi connectivity index (χ4n) is 1.42. The summed E-state index contributed by atoms with van der Waals surface area (Å²) in [6.07, 6.45) is 2.43. The van der Waals surface area contributed by atoms with Gasteiger partial charge in [-0.1, -0.05) is 43.3 Å². The monoisotopic (exact) mass is 221 g/mol. The van der Waals surface area contributed by atoms with E-state index in [1.807, 2.05) is 30.3 Å². The molecule has 0 radical (unpaired) electrons. The van der Waals surface area contributed by atoms with Crippen LogP contribution in [0.1, 0.15) is 18.9 Å². The molecule has 1 rings (SSSR count). The van der Waals surface area contributed by atoms with E-state index >= 15 is 0 Å². The van der Waals surface area contributed by atoms with Crippen LogP contribution >= 0.6 is 0 Å². The molecule has 0 saturated heterocycles. The van der Waals surface area contributed by atoms with Crippen molar-refractivity contribution in [2.45, 2.75) is 25.5 Å². The Morgan fingerprint density at radius 2 is 2.06 bits per heavy atom. The molecule has 1 aromatic rings. The van der Waals surface area contributed by atoms with Crippen LogP contribution in [0.15, 0.2) is 36.4 Å². The molecule has 0 saturated carbocycles. The summed E-state index contributed by atoms with van der Waals surface area (Å²) in [5.41, 5.74) is 0.916. The highest BCUT2D eigenvalue weighted by Gasteiger charge is 2.25. The summed E-state index contributed by atoms with van der Waals surface area (Å²) < 4.78 is 0. The van der Waals surface area contributed by atoms with E-state index in [0.29, 0.717) is 6.42 Å². The minimum atomic E-state index is -1.04. The molecule has 1 aromatic carbocycles. The Kier molecular flexibility index (Phi) is 4.66. The number of nitro groups is 1. The molecule has 4 nitrogen and oxygen atoms in total. The van der Waals surface area contributed by atoms with Gasteiger partial charge in [-0.2, -0.15) is 0 Å². The molecule has 0 aliphatic heterocycles. The van der Waals surface area contributed by atoms with E-state index in [9.17, 15) is 15.2 Å². The van der Waals surface area contributed by atoms with Crippen molar-refractivity contribution in [1.29, 1.82) is 0 Å². The van der Waals surface area contributed by atoms with Gasteiger partial charge in [-0.3, -0.25) is 10.1 Å². The van der Waals surface area contributed by atoms with Crippen molar-refractivity contribution in [2.75, 3.05) is 0 Å². The number of aliphatic hydroxyl groups is 1. The number of nitrogens with zero attached hydrogens (tertiary/aromatic N) is 1. The molecule has 0 aromatic heterocycles. The van der Waals surface area contributed by atoms with Crippen LogP contribution in [0.25, 0.3) is 6.08 Å². The Bertz CT molecular complexity index is 362. The average molecular weight is 221 g/mol. The Morgan fingerprint density at radius 3 is 2.56 bits per heavy atom. The zero-order valence-corrected chi connectivity index (χ0v) is 9.11. The van der Waals surface area contributed by atoms with E-state index in [-0.39, 0.29) is 0 Å². The van der Waals surface area contributed by atoms with E-state index in [4.69, 9.17) is 0 Å². The lowest BCUT2D eigenvalue weighted by molar-refractivity contribution is -0.531. The van der Waals surface area contributed by atoms with Crippen LogP contribution in [0.2, 0.25) is 0 Å². The van der Waals surface area contributed by atoms with Gasteiger partial charge in [0.2, 0.25) is 6.04 Å². The molecule has 0 spiro atoms. The van der Waals surface area contributed by atoms with Crippen LogP contribution < -0.4 is 0 Å². The lowest BCUT2D eigenvalue weighted by Crippen LogP contribution is -2.31. The van der Waals surface area contributed by atoms with Crippen molar-refractivity contribution in [3.8, 4) is 0 Å². The summed E-state index contributed by atoms with van der Waals surface area (Å²) in [6.45, 7) is 1.69. The second kappa shape index (κ2) is 6.02. The van der Waals surface area contributed by atoms with Gasteiger partial charge < -0.3 is 5.11 Å². The quantitative estimate of drug-likeness (QED) is 0.611. The Labute approximate surface area is 94.4 Å². The van der Waals surface area contributed by atoms with Crippen molar-refractivity contribution >= 4 is 6.08 Å². The van der Waals surface area contributed by atoms with Crippen LogP contribution in [-0.2, 0) is 0 Å². The molecular weight excluding hydrogens is 206 g/mol. The van der Waals surface area contributed by atoms with Crippen LogP contribution in [0.3, 0.4) is 0 Å². The molecule has 86 valence electrons. The minimum absolute atomic E-state index is 0.313. The Hall–Kier alpha value is -1.68. The van der Waals surface area contributed by atoms with Crippen molar-refractivity contribution < 1.29 is 10.0 Å². The number of aliphatic hydroxyl groups excluding tert-OH is 1. The third-order valence-corrected chi connectivity index (χ3v) is 2.37. The summed E-state index contributed by atoms with van der Waals surface area (Å²) in [4.78, 5) is 10.2. The molecule has 0 fully saturated rings. The summed E-state index contributed by atoms with van der Waals surface area (Å²) >= 11 is 0. The highest BCUT2D eigenvalue weighted by molar-refractivity contribution is 5.49. The molecule has 2 unspecified atom stereocenters. The SMILES string of the molecule is CCC(C(O)/C=C/c1ccccc1)[N+](=O)[O-]. The molecule has 4 heteroatoms. The van der Waals surface area contributed by atoms with Crippen molar-refractivity contribution in [1.82, 2.24) is 0 Å². The predicted molar refractivity (Wildman–Crippen MR) is 62.6 cm³/mol. The third-order valence-electron chi connectivity index (χ3n) is 2.37.